The lowest BCUT2D eigenvalue weighted by molar-refractivity contribution is -0.0925. The number of nitrogens with one attached hydrogen (secondary N) is 1. The molecule has 168 valence electrons. The van der Waals surface area contributed by atoms with E-state index in [1.165, 1.54) is 31.7 Å². The van der Waals surface area contributed by atoms with Crippen molar-refractivity contribution in [2.75, 3.05) is 6.61 Å². The first kappa shape index (κ1) is 24.4. The van der Waals surface area contributed by atoms with Crippen LogP contribution in [0.15, 0.2) is 48.3 Å². The minimum absolute atomic E-state index is 0.110. The summed E-state index contributed by atoms with van der Waals surface area (Å²) in [5.74, 6) is 0.749. The van der Waals surface area contributed by atoms with Crippen LogP contribution in [0.3, 0.4) is 0 Å². The molecule has 3 N–H and O–H groups in total. The second-order valence-electron chi connectivity index (χ2n) is 7.51. The molecule has 0 unspecified atom stereocenters. The number of pyridine rings is 1. The number of ether oxygens (including phenoxy) is 1. The molecule has 0 fully saturated rings. The average molecular weight is 434 g/mol. The van der Waals surface area contributed by atoms with Crippen molar-refractivity contribution in [1.82, 2.24) is 4.98 Å². The Hall–Kier alpha value is -2.83. The Labute approximate surface area is 181 Å². The van der Waals surface area contributed by atoms with E-state index >= 15 is 0 Å². The summed E-state index contributed by atoms with van der Waals surface area (Å²) in [6.45, 7) is 4.79. The highest BCUT2D eigenvalue weighted by Crippen LogP contribution is 2.33. The number of hydrogen-bond acceptors (Lipinski definition) is 4. The molecule has 0 aliphatic heterocycles. The van der Waals surface area contributed by atoms with Crippen LogP contribution >= 0.6 is 0 Å². The number of nitrogens with zero attached hydrogens (tertiary/aromatic N) is 1. The standard InChI is InChI=1S/C24H30F3N3O/c1-3-4-5-6-7-8-14-31-21-11-9-10-17(2)23(21)18-12-13-20(30-16-18)19(28)15-22(29)24(25,26)27/h9-13,15-16,28H,3-8,14,29H2,1-2H3. The molecule has 2 rings (SSSR count). The molecule has 31 heavy (non-hydrogen) atoms. The fourth-order valence-electron chi connectivity index (χ4n) is 3.21. The SMILES string of the molecule is CCCCCCCCOc1cccc(C)c1-c1ccc(C(=N)C=C(N)C(F)(F)F)nc1. The van der Waals surface area contributed by atoms with Gasteiger partial charge in [-0.1, -0.05) is 57.2 Å². The molecular weight excluding hydrogens is 403 g/mol. The van der Waals surface area contributed by atoms with Gasteiger partial charge in [0.1, 0.15) is 11.4 Å². The van der Waals surface area contributed by atoms with Crippen LogP contribution < -0.4 is 10.5 Å². The van der Waals surface area contributed by atoms with Gasteiger partial charge >= 0.3 is 6.18 Å². The Morgan fingerprint density at radius 2 is 1.81 bits per heavy atom. The van der Waals surface area contributed by atoms with Crippen LogP contribution in [0.25, 0.3) is 11.1 Å². The third kappa shape index (κ3) is 7.42. The topological polar surface area (TPSA) is 72.0 Å². The molecule has 2 aromatic rings. The maximum absolute atomic E-state index is 12.6. The maximum atomic E-state index is 12.6. The van der Waals surface area contributed by atoms with Gasteiger partial charge in [-0.25, -0.2) is 0 Å². The van der Waals surface area contributed by atoms with Gasteiger partial charge in [0, 0.05) is 17.3 Å². The summed E-state index contributed by atoms with van der Waals surface area (Å²) < 4.78 is 43.8. The lowest BCUT2D eigenvalue weighted by Crippen LogP contribution is -2.20. The molecule has 0 amide bonds. The smallest absolute Gasteiger partial charge is 0.430 e. The second-order valence-corrected chi connectivity index (χ2v) is 7.51. The first-order valence-electron chi connectivity index (χ1n) is 10.6. The first-order chi connectivity index (χ1) is 14.7. The highest BCUT2D eigenvalue weighted by Gasteiger charge is 2.31. The summed E-state index contributed by atoms with van der Waals surface area (Å²) in [6, 6.07) is 9.05. The predicted octanol–water partition coefficient (Wildman–Crippen LogP) is 6.57. The molecule has 0 aliphatic rings. The lowest BCUT2D eigenvalue weighted by atomic mass is 10.0. The Morgan fingerprint density at radius 3 is 2.45 bits per heavy atom. The zero-order valence-electron chi connectivity index (χ0n) is 18.1. The van der Waals surface area contributed by atoms with Crippen molar-refractivity contribution in [1.29, 1.82) is 5.41 Å². The van der Waals surface area contributed by atoms with Crippen LogP contribution in [-0.2, 0) is 0 Å². The molecular formula is C24H30F3N3O. The summed E-state index contributed by atoms with van der Waals surface area (Å²) in [5, 5.41) is 7.83. The predicted molar refractivity (Wildman–Crippen MR) is 118 cm³/mol. The highest BCUT2D eigenvalue weighted by molar-refractivity contribution is 6.05. The molecule has 0 atom stereocenters. The van der Waals surface area contributed by atoms with Gasteiger partial charge in [0.2, 0.25) is 0 Å². The van der Waals surface area contributed by atoms with Crippen molar-refractivity contribution in [2.24, 2.45) is 5.73 Å². The fraction of sp³-hybridized carbons (Fsp3) is 0.417. The Bertz CT molecular complexity index is 890. The van der Waals surface area contributed by atoms with Gasteiger partial charge < -0.3 is 10.5 Å². The Balaban J connectivity index is 2.10. The molecule has 0 aliphatic carbocycles. The third-order valence-corrected chi connectivity index (χ3v) is 4.95. The van der Waals surface area contributed by atoms with E-state index in [-0.39, 0.29) is 5.69 Å². The number of unbranched alkanes of at least 4 members (excludes halogenated alkanes) is 5. The van der Waals surface area contributed by atoms with Crippen LogP contribution in [0, 0.1) is 12.3 Å². The minimum atomic E-state index is -4.67. The number of aromatic nitrogens is 1. The van der Waals surface area contributed by atoms with E-state index in [4.69, 9.17) is 15.9 Å². The maximum Gasteiger partial charge on any atom is 0.430 e. The second kappa shape index (κ2) is 11.5. The van der Waals surface area contributed by atoms with E-state index in [1.807, 2.05) is 25.1 Å². The van der Waals surface area contributed by atoms with Gasteiger partial charge in [0.15, 0.2) is 0 Å². The minimum Gasteiger partial charge on any atom is -0.493 e. The summed E-state index contributed by atoms with van der Waals surface area (Å²) in [6.07, 6.45) is 4.52. The number of alkyl halides is 3. The first-order valence-corrected chi connectivity index (χ1v) is 10.6. The number of nitrogens with two attached hydrogens (primary N) is 1. The summed E-state index contributed by atoms with van der Waals surface area (Å²) in [5.41, 5.74) is 6.06. The number of aryl methyl sites for hydroxylation is 1. The Morgan fingerprint density at radius 1 is 1.10 bits per heavy atom. The molecule has 4 nitrogen and oxygen atoms in total. The third-order valence-electron chi connectivity index (χ3n) is 4.95. The van der Waals surface area contributed by atoms with E-state index in [9.17, 15) is 13.2 Å². The molecule has 1 aromatic carbocycles. The monoisotopic (exact) mass is 433 g/mol. The van der Waals surface area contributed by atoms with E-state index in [0.29, 0.717) is 12.7 Å². The van der Waals surface area contributed by atoms with Gasteiger partial charge in [0.05, 0.1) is 18.0 Å². The zero-order chi connectivity index (χ0) is 22.9. The summed E-state index contributed by atoms with van der Waals surface area (Å²) >= 11 is 0. The van der Waals surface area contributed by atoms with Gasteiger partial charge in [-0.2, -0.15) is 13.2 Å². The molecule has 1 heterocycles. The van der Waals surface area contributed by atoms with Gasteiger partial charge in [-0.3, -0.25) is 10.4 Å². The molecule has 1 aromatic heterocycles. The Kier molecular flexibility index (Phi) is 9.09. The number of halogens is 3. The van der Waals surface area contributed by atoms with Crippen molar-refractivity contribution in [2.45, 2.75) is 58.5 Å². The van der Waals surface area contributed by atoms with Crippen molar-refractivity contribution in [3.05, 3.63) is 59.6 Å². The molecule has 0 saturated carbocycles. The van der Waals surface area contributed by atoms with Crippen molar-refractivity contribution in [3.8, 4) is 16.9 Å². The molecule has 0 spiro atoms. The average Bonchev–Trinajstić information content (AvgIpc) is 2.72. The van der Waals surface area contributed by atoms with Crippen molar-refractivity contribution >= 4 is 5.71 Å². The molecule has 0 saturated heterocycles. The van der Waals surface area contributed by atoms with Crippen LogP contribution in [-0.4, -0.2) is 23.5 Å². The lowest BCUT2D eigenvalue weighted by Gasteiger charge is -2.14. The van der Waals surface area contributed by atoms with Crippen molar-refractivity contribution in [3.63, 3.8) is 0 Å². The highest BCUT2D eigenvalue weighted by atomic mass is 19.4. The summed E-state index contributed by atoms with van der Waals surface area (Å²) in [7, 11) is 0. The summed E-state index contributed by atoms with van der Waals surface area (Å²) in [4.78, 5) is 4.16. The van der Waals surface area contributed by atoms with Crippen molar-refractivity contribution < 1.29 is 17.9 Å². The van der Waals surface area contributed by atoms with Crippen LogP contribution in [0.2, 0.25) is 0 Å². The number of hydrogen-bond donors (Lipinski definition) is 2. The van der Waals surface area contributed by atoms with E-state index in [2.05, 4.69) is 11.9 Å². The number of allylic oxidation sites excluding steroid dienone is 2. The zero-order valence-corrected chi connectivity index (χ0v) is 18.1. The van der Waals surface area contributed by atoms with Gasteiger partial charge in [0.25, 0.3) is 0 Å². The fourth-order valence-corrected chi connectivity index (χ4v) is 3.21. The normalized spacial score (nSPS) is 12.1. The quantitative estimate of drug-likeness (QED) is 0.311. The van der Waals surface area contributed by atoms with Gasteiger partial charge in [-0.15, -0.1) is 0 Å². The van der Waals surface area contributed by atoms with Crippen LogP contribution in [0.5, 0.6) is 5.75 Å². The van der Waals surface area contributed by atoms with Crippen LogP contribution in [0.4, 0.5) is 13.2 Å². The largest absolute Gasteiger partial charge is 0.493 e. The van der Waals surface area contributed by atoms with E-state index in [0.717, 1.165) is 35.3 Å². The number of benzene rings is 1. The number of rotatable bonds is 11. The van der Waals surface area contributed by atoms with E-state index in [1.54, 1.807) is 12.3 Å². The molecule has 7 heteroatoms. The molecule has 0 bridgehead atoms. The van der Waals surface area contributed by atoms with Crippen LogP contribution in [0.1, 0.15) is 56.7 Å². The van der Waals surface area contributed by atoms with E-state index < -0.39 is 17.6 Å². The molecule has 0 radical (unpaired) electrons. The van der Waals surface area contributed by atoms with Gasteiger partial charge in [-0.05, 0) is 37.1 Å².